The minimum Gasteiger partial charge on any atom is -0.493 e. The summed E-state index contributed by atoms with van der Waals surface area (Å²) in [6.45, 7) is 6.00. The van der Waals surface area contributed by atoms with E-state index in [-0.39, 0.29) is 17.6 Å². The van der Waals surface area contributed by atoms with Gasteiger partial charge in [-0.25, -0.2) is 4.39 Å². The topological polar surface area (TPSA) is 77.7 Å². The number of piperidine rings is 1. The van der Waals surface area contributed by atoms with Crippen LogP contribution >= 0.6 is 0 Å². The molecule has 1 aliphatic heterocycles. The zero-order valence-corrected chi connectivity index (χ0v) is 19.8. The lowest BCUT2D eigenvalue weighted by Crippen LogP contribution is -2.39. The Labute approximate surface area is 198 Å². The van der Waals surface area contributed by atoms with E-state index < -0.39 is 0 Å². The average molecular weight is 468 g/mol. The summed E-state index contributed by atoms with van der Waals surface area (Å²) in [6.07, 6.45) is 2.59. The zero-order valence-electron chi connectivity index (χ0n) is 19.8. The van der Waals surface area contributed by atoms with Crippen LogP contribution < -0.4 is 9.47 Å². The van der Waals surface area contributed by atoms with Gasteiger partial charge in [0.2, 0.25) is 11.7 Å². The lowest BCUT2D eigenvalue weighted by Gasteiger charge is -2.31. The number of nitrogens with zero attached hydrogens (tertiary/aromatic N) is 3. The van der Waals surface area contributed by atoms with Gasteiger partial charge in [0, 0.05) is 24.2 Å². The molecule has 2 heterocycles. The van der Waals surface area contributed by atoms with Crippen LogP contribution in [0.4, 0.5) is 4.39 Å². The van der Waals surface area contributed by atoms with Crippen LogP contribution in [0.1, 0.15) is 55.3 Å². The summed E-state index contributed by atoms with van der Waals surface area (Å²) in [5, 5.41) is 4.01. The van der Waals surface area contributed by atoms with Gasteiger partial charge in [-0.1, -0.05) is 31.1 Å². The number of halogens is 1. The highest BCUT2D eigenvalue weighted by molar-refractivity contribution is 5.95. The summed E-state index contributed by atoms with van der Waals surface area (Å²) in [5.74, 6) is 2.01. The lowest BCUT2D eigenvalue weighted by molar-refractivity contribution is 0.0695. The molecule has 0 radical (unpaired) electrons. The Balaban J connectivity index is 1.44. The number of hydrogen-bond donors (Lipinski definition) is 0. The molecule has 34 heavy (non-hydrogen) atoms. The van der Waals surface area contributed by atoms with E-state index in [1.54, 1.807) is 42.3 Å². The molecule has 1 atom stereocenters. The monoisotopic (exact) mass is 467 g/mol. The maximum Gasteiger partial charge on any atom is 0.254 e. The Morgan fingerprint density at radius 2 is 2.09 bits per heavy atom. The third-order valence-corrected chi connectivity index (χ3v) is 5.95. The summed E-state index contributed by atoms with van der Waals surface area (Å²) in [4.78, 5) is 19.5. The van der Waals surface area contributed by atoms with Crippen molar-refractivity contribution in [3.05, 3.63) is 59.7 Å². The third-order valence-electron chi connectivity index (χ3n) is 5.95. The highest BCUT2D eigenvalue weighted by atomic mass is 19.1. The van der Waals surface area contributed by atoms with Gasteiger partial charge in [-0.15, -0.1) is 0 Å². The molecule has 1 saturated heterocycles. The van der Waals surface area contributed by atoms with E-state index >= 15 is 0 Å². The van der Waals surface area contributed by atoms with Crippen molar-refractivity contribution < 1.29 is 23.2 Å². The number of methoxy groups -OCH3 is 1. The Bertz CT molecular complexity index is 1130. The first kappa shape index (κ1) is 23.7. The first-order valence-corrected chi connectivity index (χ1v) is 11.6. The number of hydrogen-bond acceptors (Lipinski definition) is 6. The van der Waals surface area contributed by atoms with Crippen LogP contribution in [0.5, 0.6) is 11.5 Å². The lowest BCUT2D eigenvalue weighted by atomic mass is 9.97. The number of carbonyl (C=O) groups excluding carboxylic acids is 1. The minimum absolute atomic E-state index is 0.0759. The van der Waals surface area contributed by atoms with Gasteiger partial charge in [-0.05, 0) is 55.5 Å². The quantitative estimate of drug-likeness (QED) is 0.446. The van der Waals surface area contributed by atoms with Gasteiger partial charge < -0.3 is 18.9 Å². The van der Waals surface area contributed by atoms with Gasteiger partial charge in [-0.2, -0.15) is 4.98 Å². The van der Waals surface area contributed by atoms with Gasteiger partial charge in [0.05, 0.1) is 19.6 Å². The van der Waals surface area contributed by atoms with Crippen LogP contribution in [0.3, 0.4) is 0 Å². The summed E-state index contributed by atoms with van der Waals surface area (Å²) >= 11 is 0. The zero-order chi connectivity index (χ0) is 24.1. The molecule has 0 bridgehead atoms. The van der Waals surface area contributed by atoms with Crippen molar-refractivity contribution in [2.75, 3.05) is 26.8 Å². The number of likely N-dealkylation sites (tertiary alicyclic amines) is 1. The fourth-order valence-electron chi connectivity index (χ4n) is 4.02. The van der Waals surface area contributed by atoms with E-state index in [0.717, 1.165) is 19.3 Å². The summed E-state index contributed by atoms with van der Waals surface area (Å²) in [5.41, 5.74) is 1.10. The van der Waals surface area contributed by atoms with Gasteiger partial charge >= 0.3 is 0 Å². The van der Waals surface area contributed by atoms with Crippen LogP contribution in [0.2, 0.25) is 0 Å². The molecule has 1 unspecified atom stereocenters. The Morgan fingerprint density at radius 3 is 2.85 bits per heavy atom. The molecule has 0 saturated carbocycles. The molecular formula is C26H30FN3O4. The molecule has 8 heteroatoms. The van der Waals surface area contributed by atoms with Gasteiger partial charge in [0.1, 0.15) is 5.82 Å². The molecule has 7 nitrogen and oxygen atoms in total. The SMILES string of the molecule is COc1cc(C(=O)N2CCCC(c3nc(-c4cccc(F)c4)no3)C2)ccc1OCCC(C)C. The molecule has 180 valence electrons. The van der Waals surface area contributed by atoms with E-state index in [9.17, 15) is 9.18 Å². The standard InChI is InChI=1S/C26H30FN3O4/c1-17(2)11-13-33-22-10-9-19(15-23(22)32-3)26(31)30-12-5-7-20(16-30)25-28-24(29-34-25)18-6-4-8-21(27)14-18/h4,6,8-10,14-15,17,20H,5,7,11-13,16H2,1-3H3. The van der Waals surface area contributed by atoms with Crippen molar-refractivity contribution in [3.8, 4) is 22.9 Å². The van der Waals surface area contributed by atoms with Crippen LogP contribution in [0.25, 0.3) is 11.4 Å². The van der Waals surface area contributed by atoms with E-state index in [2.05, 4.69) is 24.0 Å². The van der Waals surface area contributed by atoms with E-state index in [4.69, 9.17) is 14.0 Å². The molecule has 1 aromatic heterocycles. The van der Waals surface area contributed by atoms with Gasteiger partial charge in [0.25, 0.3) is 5.91 Å². The van der Waals surface area contributed by atoms with Crippen molar-refractivity contribution in [2.24, 2.45) is 5.92 Å². The Hall–Kier alpha value is -3.42. The fraction of sp³-hybridized carbons (Fsp3) is 0.423. The van der Waals surface area contributed by atoms with Crippen LogP contribution in [-0.4, -0.2) is 47.8 Å². The molecule has 0 spiro atoms. The largest absolute Gasteiger partial charge is 0.493 e. The molecule has 1 aliphatic rings. The number of benzene rings is 2. The molecule has 1 amide bonds. The predicted octanol–water partition coefficient (Wildman–Crippen LogP) is 5.33. The Morgan fingerprint density at radius 1 is 1.24 bits per heavy atom. The number of carbonyl (C=O) groups is 1. The van der Waals surface area contributed by atoms with E-state index in [0.29, 0.717) is 60.0 Å². The minimum atomic E-state index is -0.356. The molecule has 2 aromatic carbocycles. The van der Waals surface area contributed by atoms with E-state index in [1.807, 2.05) is 0 Å². The first-order valence-electron chi connectivity index (χ1n) is 11.6. The van der Waals surface area contributed by atoms with Crippen molar-refractivity contribution >= 4 is 5.91 Å². The van der Waals surface area contributed by atoms with Gasteiger partial charge in [-0.3, -0.25) is 4.79 Å². The predicted molar refractivity (Wildman–Crippen MR) is 126 cm³/mol. The third kappa shape index (κ3) is 5.55. The number of rotatable bonds is 8. The number of ether oxygens (including phenoxy) is 2. The number of aromatic nitrogens is 2. The normalized spacial score (nSPS) is 16.0. The molecule has 1 fully saturated rings. The van der Waals surface area contributed by atoms with Gasteiger partial charge in [0.15, 0.2) is 11.5 Å². The highest BCUT2D eigenvalue weighted by Crippen LogP contribution is 2.31. The highest BCUT2D eigenvalue weighted by Gasteiger charge is 2.29. The smallest absolute Gasteiger partial charge is 0.254 e. The molecular weight excluding hydrogens is 437 g/mol. The maximum atomic E-state index is 13.5. The maximum absolute atomic E-state index is 13.5. The van der Waals surface area contributed by atoms with Crippen LogP contribution in [-0.2, 0) is 0 Å². The second-order valence-electron chi connectivity index (χ2n) is 8.95. The summed E-state index contributed by atoms with van der Waals surface area (Å²) in [7, 11) is 1.57. The Kier molecular flexibility index (Phi) is 7.45. The van der Waals surface area contributed by atoms with Crippen LogP contribution in [0.15, 0.2) is 47.0 Å². The second-order valence-corrected chi connectivity index (χ2v) is 8.95. The summed E-state index contributed by atoms with van der Waals surface area (Å²) < 4.78 is 30.3. The van der Waals surface area contributed by atoms with Crippen molar-refractivity contribution in [3.63, 3.8) is 0 Å². The number of amides is 1. The molecule has 0 aliphatic carbocycles. The molecule has 0 N–H and O–H groups in total. The van der Waals surface area contributed by atoms with Crippen LogP contribution in [0, 0.1) is 11.7 Å². The van der Waals surface area contributed by atoms with E-state index in [1.165, 1.54) is 12.1 Å². The first-order chi connectivity index (χ1) is 16.4. The van der Waals surface area contributed by atoms with Crippen molar-refractivity contribution in [1.82, 2.24) is 15.0 Å². The second kappa shape index (κ2) is 10.7. The van der Waals surface area contributed by atoms with Crippen molar-refractivity contribution in [1.29, 1.82) is 0 Å². The molecule has 4 rings (SSSR count). The molecule has 3 aromatic rings. The summed E-state index contributed by atoms with van der Waals surface area (Å²) in [6, 6.07) is 11.4. The average Bonchev–Trinajstić information content (AvgIpc) is 3.34. The van der Waals surface area contributed by atoms with Crippen molar-refractivity contribution in [2.45, 2.75) is 39.0 Å². The fourth-order valence-corrected chi connectivity index (χ4v) is 4.02.